The second-order valence-corrected chi connectivity index (χ2v) is 8.37. The van der Waals surface area contributed by atoms with E-state index in [-0.39, 0.29) is 17.8 Å². The molecule has 0 saturated heterocycles. The lowest BCUT2D eigenvalue weighted by atomic mass is 10.1. The van der Waals surface area contributed by atoms with Gasteiger partial charge in [-0.3, -0.25) is 13.9 Å². The van der Waals surface area contributed by atoms with Crippen LogP contribution in [-0.4, -0.2) is 25.2 Å². The van der Waals surface area contributed by atoms with Gasteiger partial charge >= 0.3 is 5.69 Å². The van der Waals surface area contributed by atoms with Gasteiger partial charge in [0.05, 0.1) is 6.54 Å². The molecule has 0 unspecified atom stereocenters. The van der Waals surface area contributed by atoms with Crippen LogP contribution in [0.4, 0.5) is 11.6 Å². The molecule has 0 spiro atoms. The Kier molecular flexibility index (Phi) is 4.48. The summed E-state index contributed by atoms with van der Waals surface area (Å²) in [6.07, 6.45) is 0. The van der Waals surface area contributed by atoms with Crippen molar-refractivity contribution in [2.75, 3.05) is 11.4 Å². The normalized spacial score (nSPS) is 16.3. The van der Waals surface area contributed by atoms with Crippen molar-refractivity contribution in [3.63, 3.8) is 0 Å². The van der Waals surface area contributed by atoms with Crippen molar-refractivity contribution in [2.24, 2.45) is 13.0 Å². The van der Waals surface area contributed by atoms with Gasteiger partial charge in [0.2, 0.25) is 5.95 Å². The number of benzene rings is 1. The largest absolute Gasteiger partial charge is 0.332 e. The molecule has 0 aliphatic carbocycles. The summed E-state index contributed by atoms with van der Waals surface area (Å²) in [5, 5.41) is 0. The van der Waals surface area contributed by atoms with Gasteiger partial charge in [0.25, 0.3) is 5.56 Å². The zero-order valence-electron chi connectivity index (χ0n) is 17.7. The fourth-order valence-electron chi connectivity index (χ4n) is 4.03. The summed E-state index contributed by atoms with van der Waals surface area (Å²) in [4.78, 5) is 32.9. The van der Waals surface area contributed by atoms with Crippen molar-refractivity contribution in [1.82, 2.24) is 18.7 Å². The summed E-state index contributed by atoms with van der Waals surface area (Å²) >= 11 is 0. The summed E-state index contributed by atoms with van der Waals surface area (Å²) in [6, 6.07) is 6.34. The van der Waals surface area contributed by atoms with Crippen LogP contribution in [-0.2, 0) is 20.1 Å². The topological polar surface area (TPSA) is 65.1 Å². The molecule has 4 rings (SSSR count). The fraction of sp³-hybridized carbons (Fsp3) is 0.409. The van der Waals surface area contributed by atoms with Crippen molar-refractivity contribution >= 4 is 22.8 Å². The van der Waals surface area contributed by atoms with Crippen molar-refractivity contribution in [2.45, 2.75) is 40.8 Å². The maximum absolute atomic E-state index is 13.2. The number of aromatic nitrogens is 4. The molecule has 7 nitrogen and oxygen atoms in total. The molecule has 2 aromatic heterocycles. The third-order valence-corrected chi connectivity index (χ3v) is 5.67. The maximum Gasteiger partial charge on any atom is 0.332 e. The van der Waals surface area contributed by atoms with Crippen LogP contribution in [0.3, 0.4) is 0 Å². The number of nitrogens with zero attached hydrogens (tertiary/aromatic N) is 5. The van der Waals surface area contributed by atoms with Crippen LogP contribution in [0, 0.1) is 19.8 Å². The number of allylic oxidation sites excluding steroid dienone is 1. The molecular weight excluding hydrogens is 366 g/mol. The van der Waals surface area contributed by atoms with Gasteiger partial charge in [-0.25, -0.2) is 4.79 Å². The summed E-state index contributed by atoms with van der Waals surface area (Å²) in [5.74, 6) is 1.04. The molecule has 1 aliphatic heterocycles. The summed E-state index contributed by atoms with van der Waals surface area (Å²) < 4.78 is 4.68. The molecule has 0 fully saturated rings. The fourth-order valence-corrected chi connectivity index (χ4v) is 4.03. The first-order valence-electron chi connectivity index (χ1n) is 9.88. The minimum atomic E-state index is -0.369. The second-order valence-electron chi connectivity index (χ2n) is 8.37. The Labute approximate surface area is 169 Å². The minimum Gasteiger partial charge on any atom is -0.312 e. The van der Waals surface area contributed by atoms with Crippen LogP contribution in [0.5, 0.6) is 0 Å². The van der Waals surface area contributed by atoms with E-state index in [1.165, 1.54) is 20.3 Å². The van der Waals surface area contributed by atoms with Crippen LogP contribution in [0.15, 0.2) is 39.9 Å². The smallest absolute Gasteiger partial charge is 0.312 e. The van der Waals surface area contributed by atoms with Gasteiger partial charge in [-0.05, 0) is 49.9 Å². The Hall–Kier alpha value is -3.09. The predicted octanol–water partition coefficient (Wildman–Crippen LogP) is 2.88. The Bertz CT molecular complexity index is 1260. The highest BCUT2D eigenvalue weighted by Crippen LogP contribution is 2.33. The van der Waals surface area contributed by atoms with E-state index in [2.05, 4.69) is 50.4 Å². The SMILES string of the molecule is C=C(C)Cn1c(=O)c2c(nc3n2C[C@@H](C)CN3c2ccc(C)c(C)c2)n(C)c1=O. The summed E-state index contributed by atoms with van der Waals surface area (Å²) in [5.41, 5.74) is 4.47. The molecular formula is C22H27N5O2. The first-order valence-corrected chi connectivity index (χ1v) is 9.88. The number of rotatable bonds is 3. The summed E-state index contributed by atoms with van der Waals surface area (Å²) in [6.45, 7) is 13.7. The molecule has 3 aromatic rings. The quantitative estimate of drug-likeness (QED) is 0.642. The molecule has 7 heteroatoms. The lowest BCUT2D eigenvalue weighted by molar-refractivity contribution is 0.458. The van der Waals surface area contributed by atoms with Crippen LogP contribution in [0.25, 0.3) is 11.2 Å². The van der Waals surface area contributed by atoms with E-state index in [1.54, 1.807) is 7.05 Å². The van der Waals surface area contributed by atoms with Crippen molar-refractivity contribution in [3.8, 4) is 0 Å². The molecule has 1 aliphatic rings. The monoisotopic (exact) mass is 393 g/mol. The molecule has 0 saturated carbocycles. The lowest BCUT2D eigenvalue weighted by Crippen LogP contribution is -2.40. The van der Waals surface area contributed by atoms with Gasteiger partial charge in [-0.15, -0.1) is 0 Å². The van der Waals surface area contributed by atoms with Crippen molar-refractivity contribution < 1.29 is 0 Å². The zero-order valence-corrected chi connectivity index (χ0v) is 17.7. The number of fused-ring (bicyclic) bond motifs is 3. The van der Waals surface area contributed by atoms with Crippen LogP contribution in [0.2, 0.25) is 0 Å². The highest BCUT2D eigenvalue weighted by atomic mass is 16.2. The highest BCUT2D eigenvalue weighted by Gasteiger charge is 2.29. The van der Waals surface area contributed by atoms with Crippen LogP contribution in [0.1, 0.15) is 25.0 Å². The van der Waals surface area contributed by atoms with Crippen LogP contribution < -0.4 is 16.1 Å². The van der Waals surface area contributed by atoms with Gasteiger partial charge in [0, 0.05) is 25.8 Å². The van der Waals surface area contributed by atoms with Gasteiger partial charge in [-0.1, -0.05) is 25.1 Å². The Balaban J connectivity index is 2.00. The Morgan fingerprint density at radius 3 is 2.59 bits per heavy atom. The number of imidazole rings is 1. The highest BCUT2D eigenvalue weighted by molar-refractivity contribution is 5.77. The first-order chi connectivity index (χ1) is 13.7. The van der Waals surface area contributed by atoms with Crippen LogP contribution >= 0.6 is 0 Å². The number of anilines is 2. The van der Waals surface area contributed by atoms with E-state index < -0.39 is 0 Å². The average molecular weight is 393 g/mol. The van der Waals surface area contributed by atoms with E-state index in [0.717, 1.165) is 17.8 Å². The molecule has 152 valence electrons. The van der Waals surface area contributed by atoms with Gasteiger partial charge in [0.15, 0.2) is 11.2 Å². The van der Waals surface area contributed by atoms with E-state index in [1.807, 2.05) is 11.5 Å². The number of hydrogen-bond acceptors (Lipinski definition) is 4. The maximum atomic E-state index is 13.2. The molecule has 0 radical (unpaired) electrons. The molecule has 1 aromatic carbocycles. The van der Waals surface area contributed by atoms with E-state index >= 15 is 0 Å². The molecule has 0 bridgehead atoms. The lowest BCUT2D eigenvalue weighted by Gasteiger charge is -2.33. The third kappa shape index (κ3) is 3.01. The Morgan fingerprint density at radius 2 is 1.93 bits per heavy atom. The van der Waals surface area contributed by atoms with Gasteiger partial charge in [0.1, 0.15) is 0 Å². The predicted molar refractivity (Wildman–Crippen MR) is 116 cm³/mol. The van der Waals surface area contributed by atoms with E-state index in [4.69, 9.17) is 4.98 Å². The number of hydrogen-bond donors (Lipinski definition) is 0. The first kappa shape index (κ1) is 19.2. The average Bonchev–Trinajstić information content (AvgIpc) is 3.04. The molecule has 0 amide bonds. The van der Waals surface area contributed by atoms with E-state index in [9.17, 15) is 9.59 Å². The zero-order chi connectivity index (χ0) is 21.0. The number of aryl methyl sites for hydroxylation is 3. The van der Waals surface area contributed by atoms with Crippen molar-refractivity contribution in [1.29, 1.82) is 0 Å². The van der Waals surface area contributed by atoms with Gasteiger partial charge < -0.3 is 9.47 Å². The standard InChI is InChI=1S/C22H27N5O2/c1-13(2)10-27-20(28)18-19(24(6)22(27)29)23-21-25(11-14(3)12-26(18)21)17-8-7-15(4)16(5)9-17/h7-9,14H,1,10-12H2,2-6H3/t14-/m0/s1. The summed E-state index contributed by atoms with van der Waals surface area (Å²) in [7, 11) is 1.67. The second kappa shape index (κ2) is 6.76. The molecule has 3 heterocycles. The molecule has 1 atom stereocenters. The van der Waals surface area contributed by atoms with E-state index in [0.29, 0.717) is 29.6 Å². The van der Waals surface area contributed by atoms with Crippen molar-refractivity contribution in [3.05, 3.63) is 62.3 Å². The third-order valence-electron chi connectivity index (χ3n) is 5.67. The molecule has 29 heavy (non-hydrogen) atoms. The Morgan fingerprint density at radius 1 is 1.21 bits per heavy atom. The van der Waals surface area contributed by atoms with Gasteiger partial charge in [-0.2, -0.15) is 4.98 Å². The minimum absolute atomic E-state index is 0.207. The molecule has 0 N–H and O–H groups in total.